The normalized spacial score (nSPS) is 12.4. The summed E-state index contributed by atoms with van der Waals surface area (Å²) in [4.78, 5) is 19.3. The lowest BCUT2D eigenvalue weighted by molar-refractivity contribution is 0.852. The van der Waals surface area contributed by atoms with Gasteiger partial charge in [0.25, 0.3) is 5.56 Å². The summed E-state index contributed by atoms with van der Waals surface area (Å²) in [5, 5.41) is 0. The van der Waals surface area contributed by atoms with Crippen LogP contribution in [0.5, 0.6) is 0 Å². The zero-order valence-corrected chi connectivity index (χ0v) is 13.0. The van der Waals surface area contributed by atoms with Gasteiger partial charge >= 0.3 is 0 Å². The van der Waals surface area contributed by atoms with E-state index in [0.29, 0.717) is 10.3 Å². The Morgan fingerprint density at radius 1 is 1.33 bits per heavy atom. The molecular weight excluding hydrogens is 360 g/mol. The molecule has 0 aliphatic heterocycles. The Bertz CT molecular complexity index is 596. The van der Waals surface area contributed by atoms with E-state index < -0.39 is 0 Å². The van der Waals surface area contributed by atoms with E-state index in [0.717, 1.165) is 17.7 Å². The fraction of sp³-hybridized carbons (Fsp3) is 0.231. The van der Waals surface area contributed by atoms with Crippen molar-refractivity contribution in [3.63, 3.8) is 0 Å². The third-order valence-corrected chi connectivity index (χ3v) is 4.44. The van der Waals surface area contributed by atoms with Gasteiger partial charge < -0.3 is 4.98 Å². The molecule has 2 aromatic rings. The number of alkyl halides is 1. The van der Waals surface area contributed by atoms with Gasteiger partial charge in [-0.3, -0.25) is 4.79 Å². The number of nitrogens with zero attached hydrogens (tertiary/aromatic N) is 1. The summed E-state index contributed by atoms with van der Waals surface area (Å²) in [6.07, 6.45) is 0.864. The fourth-order valence-electron chi connectivity index (χ4n) is 1.61. The first kappa shape index (κ1) is 13.5. The second kappa shape index (κ2) is 5.80. The van der Waals surface area contributed by atoms with Gasteiger partial charge in [-0.05, 0) is 22.4 Å². The van der Waals surface area contributed by atoms with E-state index in [1.165, 1.54) is 0 Å². The summed E-state index contributed by atoms with van der Waals surface area (Å²) in [5.41, 5.74) is 1.48. The van der Waals surface area contributed by atoms with Crippen molar-refractivity contribution in [2.75, 3.05) is 0 Å². The number of benzene rings is 1. The first-order valence-electron chi connectivity index (χ1n) is 5.62. The molecule has 1 atom stereocenters. The van der Waals surface area contributed by atoms with Crippen molar-refractivity contribution in [3.8, 4) is 11.4 Å². The number of rotatable bonds is 3. The molecule has 0 aliphatic rings. The van der Waals surface area contributed by atoms with Gasteiger partial charge in [0.2, 0.25) is 0 Å². The highest BCUT2D eigenvalue weighted by atomic mass is 79.9. The minimum Gasteiger partial charge on any atom is -0.306 e. The van der Waals surface area contributed by atoms with Crippen molar-refractivity contribution in [2.24, 2.45) is 0 Å². The van der Waals surface area contributed by atoms with Crippen molar-refractivity contribution in [2.45, 2.75) is 18.2 Å². The molecule has 0 spiro atoms. The van der Waals surface area contributed by atoms with Gasteiger partial charge in [0.05, 0.1) is 10.5 Å². The molecule has 1 heterocycles. The van der Waals surface area contributed by atoms with Gasteiger partial charge in [-0.2, -0.15) is 0 Å². The summed E-state index contributed by atoms with van der Waals surface area (Å²) in [7, 11) is 0. The Labute approximate surface area is 122 Å². The van der Waals surface area contributed by atoms with Crippen LogP contribution in [0.25, 0.3) is 11.4 Å². The van der Waals surface area contributed by atoms with Gasteiger partial charge in [-0.15, -0.1) is 0 Å². The highest BCUT2D eigenvalue weighted by molar-refractivity contribution is 9.11. The van der Waals surface area contributed by atoms with Crippen LogP contribution in [-0.2, 0) is 0 Å². The van der Waals surface area contributed by atoms with Crippen molar-refractivity contribution < 1.29 is 0 Å². The van der Waals surface area contributed by atoms with E-state index >= 15 is 0 Å². The standard InChI is InChI=1S/C13H12Br2N2O/c1-2-9(14)11-10(15)13(18)17-12(16-11)8-6-4-3-5-7-8/h3-7,9H,2H2,1H3,(H,16,17,18). The van der Waals surface area contributed by atoms with Gasteiger partial charge in [-0.1, -0.05) is 53.2 Å². The molecule has 0 saturated carbocycles. The van der Waals surface area contributed by atoms with Gasteiger partial charge in [-0.25, -0.2) is 4.98 Å². The molecule has 1 N–H and O–H groups in total. The lowest BCUT2D eigenvalue weighted by Crippen LogP contribution is -2.14. The number of aromatic nitrogens is 2. The molecule has 0 amide bonds. The van der Waals surface area contributed by atoms with Crippen LogP contribution < -0.4 is 5.56 Å². The summed E-state index contributed by atoms with van der Waals surface area (Å²) in [6, 6.07) is 9.61. The highest BCUT2D eigenvalue weighted by Gasteiger charge is 2.15. The molecule has 0 saturated heterocycles. The maximum Gasteiger partial charge on any atom is 0.265 e. The average Bonchev–Trinajstić information content (AvgIpc) is 2.41. The largest absolute Gasteiger partial charge is 0.306 e. The highest BCUT2D eigenvalue weighted by Crippen LogP contribution is 2.29. The van der Waals surface area contributed by atoms with Crippen LogP contribution in [0.15, 0.2) is 39.6 Å². The van der Waals surface area contributed by atoms with Crippen LogP contribution >= 0.6 is 31.9 Å². The van der Waals surface area contributed by atoms with Crippen LogP contribution in [-0.4, -0.2) is 9.97 Å². The maximum absolute atomic E-state index is 11.9. The molecule has 5 heteroatoms. The Hall–Kier alpha value is -0.940. The lowest BCUT2D eigenvalue weighted by atomic mass is 10.2. The van der Waals surface area contributed by atoms with Gasteiger partial charge in [0.15, 0.2) is 0 Å². The number of H-pyrrole nitrogens is 1. The van der Waals surface area contributed by atoms with Crippen molar-refractivity contribution in [3.05, 3.63) is 50.9 Å². The van der Waals surface area contributed by atoms with Crippen molar-refractivity contribution >= 4 is 31.9 Å². The van der Waals surface area contributed by atoms with E-state index in [9.17, 15) is 4.79 Å². The molecule has 3 nitrogen and oxygen atoms in total. The van der Waals surface area contributed by atoms with E-state index in [1.807, 2.05) is 37.3 Å². The van der Waals surface area contributed by atoms with Crippen LogP contribution in [0.3, 0.4) is 0 Å². The second-order valence-electron chi connectivity index (χ2n) is 3.86. The number of nitrogens with one attached hydrogen (secondary N) is 1. The number of hydrogen-bond donors (Lipinski definition) is 1. The summed E-state index contributed by atoms with van der Waals surface area (Å²) < 4.78 is 0.492. The lowest BCUT2D eigenvalue weighted by Gasteiger charge is -2.10. The SMILES string of the molecule is CCC(Br)c1nc(-c2ccccc2)[nH]c(=O)c1Br. The Balaban J connectivity index is 2.58. The molecule has 2 rings (SSSR count). The Kier molecular flexibility index (Phi) is 4.35. The van der Waals surface area contributed by atoms with Crippen LogP contribution in [0.2, 0.25) is 0 Å². The topological polar surface area (TPSA) is 45.8 Å². The quantitative estimate of drug-likeness (QED) is 0.827. The van der Waals surface area contributed by atoms with Crippen molar-refractivity contribution in [1.29, 1.82) is 0 Å². The summed E-state index contributed by atoms with van der Waals surface area (Å²) in [5.74, 6) is 0.594. The van der Waals surface area contributed by atoms with Crippen LogP contribution in [0, 0.1) is 0 Å². The smallest absolute Gasteiger partial charge is 0.265 e. The summed E-state index contributed by atoms with van der Waals surface area (Å²) >= 11 is 6.82. The third-order valence-electron chi connectivity index (χ3n) is 2.59. The monoisotopic (exact) mass is 370 g/mol. The van der Waals surface area contributed by atoms with Crippen LogP contribution in [0.4, 0.5) is 0 Å². The third kappa shape index (κ3) is 2.72. The molecule has 18 heavy (non-hydrogen) atoms. The van der Waals surface area contributed by atoms with Crippen LogP contribution in [0.1, 0.15) is 23.9 Å². The minimum absolute atomic E-state index is 0.0663. The first-order valence-corrected chi connectivity index (χ1v) is 7.33. The molecule has 1 aromatic carbocycles. The van der Waals surface area contributed by atoms with Gasteiger partial charge in [0.1, 0.15) is 10.3 Å². The zero-order valence-electron chi connectivity index (χ0n) is 9.78. The summed E-state index contributed by atoms with van der Waals surface area (Å²) in [6.45, 7) is 2.04. The van der Waals surface area contributed by atoms with Crippen molar-refractivity contribution in [1.82, 2.24) is 9.97 Å². The predicted molar refractivity (Wildman–Crippen MR) is 80.0 cm³/mol. The molecular formula is C13H12Br2N2O. The average molecular weight is 372 g/mol. The molecule has 1 aromatic heterocycles. The van der Waals surface area contributed by atoms with E-state index in [1.54, 1.807) is 0 Å². The van der Waals surface area contributed by atoms with E-state index in [2.05, 4.69) is 41.8 Å². The number of halogens is 2. The zero-order chi connectivity index (χ0) is 13.1. The molecule has 0 bridgehead atoms. The Morgan fingerprint density at radius 2 is 2.00 bits per heavy atom. The molecule has 94 valence electrons. The predicted octanol–water partition coefficient (Wildman–Crippen LogP) is 4.05. The molecule has 0 radical (unpaired) electrons. The number of hydrogen-bond acceptors (Lipinski definition) is 2. The number of aromatic amines is 1. The van der Waals surface area contributed by atoms with E-state index in [-0.39, 0.29) is 10.4 Å². The maximum atomic E-state index is 11.9. The second-order valence-corrected chi connectivity index (χ2v) is 5.75. The molecule has 0 aliphatic carbocycles. The molecule has 1 unspecified atom stereocenters. The fourth-order valence-corrected chi connectivity index (χ4v) is 2.71. The Morgan fingerprint density at radius 3 is 2.61 bits per heavy atom. The van der Waals surface area contributed by atoms with E-state index in [4.69, 9.17) is 0 Å². The first-order chi connectivity index (χ1) is 8.63. The molecule has 0 fully saturated rings. The van der Waals surface area contributed by atoms with Gasteiger partial charge in [0, 0.05) is 5.56 Å². The minimum atomic E-state index is -0.156.